The summed E-state index contributed by atoms with van der Waals surface area (Å²) in [5.41, 5.74) is 4.04. The van der Waals surface area contributed by atoms with E-state index in [1.165, 1.54) is 5.56 Å². The first-order valence-corrected chi connectivity index (χ1v) is 12.2. The Balaban J connectivity index is 1.36. The van der Waals surface area contributed by atoms with Gasteiger partial charge in [-0.1, -0.05) is 54.6 Å². The Bertz CT molecular complexity index is 1220. The molecule has 164 valence electrons. The monoisotopic (exact) mass is 448 g/mol. The van der Waals surface area contributed by atoms with Crippen molar-refractivity contribution in [3.8, 4) is 0 Å². The summed E-state index contributed by atoms with van der Waals surface area (Å²) in [6, 6.07) is 23.4. The molecule has 0 saturated heterocycles. The molecule has 0 fully saturated rings. The van der Waals surface area contributed by atoms with Gasteiger partial charge in [-0.15, -0.1) is 0 Å². The zero-order valence-electron chi connectivity index (χ0n) is 17.5. The van der Waals surface area contributed by atoms with Gasteiger partial charge in [0.25, 0.3) is 5.91 Å². The van der Waals surface area contributed by atoms with Crippen LogP contribution in [-0.2, 0) is 33.4 Å². The number of nitrogens with zero attached hydrogens (tertiary/aromatic N) is 1. The number of amides is 2. The van der Waals surface area contributed by atoms with E-state index in [1.54, 1.807) is 48.5 Å². The Labute approximate surface area is 187 Å². The second-order valence-corrected chi connectivity index (χ2v) is 9.95. The van der Waals surface area contributed by atoms with Gasteiger partial charge in [0.1, 0.15) is 5.75 Å². The molecule has 6 nitrogen and oxygen atoms in total. The number of rotatable bonds is 6. The molecule has 7 heteroatoms. The molecule has 2 amide bonds. The van der Waals surface area contributed by atoms with E-state index in [4.69, 9.17) is 0 Å². The lowest BCUT2D eigenvalue weighted by atomic mass is 9.99. The van der Waals surface area contributed by atoms with Crippen LogP contribution >= 0.6 is 0 Å². The Hall–Kier alpha value is -3.45. The molecule has 4 rings (SSSR count). The van der Waals surface area contributed by atoms with E-state index in [1.807, 2.05) is 29.2 Å². The number of carbonyl (C=O) groups is 2. The largest absolute Gasteiger partial charge is 0.334 e. The fourth-order valence-corrected chi connectivity index (χ4v) is 5.09. The van der Waals surface area contributed by atoms with Gasteiger partial charge in [-0.2, -0.15) is 0 Å². The zero-order valence-corrected chi connectivity index (χ0v) is 18.3. The van der Waals surface area contributed by atoms with Crippen molar-refractivity contribution in [2.24, 2.45) is 0 Å². The predicted molar refractivity (Wildman–Crippen MR) is 124 cm³/mol. The highest BCUT2D eigenvalue weighted by molar-refractivity contribution is 7.91. The van der Waals surface area contributed by atoms with Crippen LogP contribution in [0.4, 0.5) is 5.69 Å². The summed E-state index contributed by atoms with van der Waals surface area (Å²) in [5.74, 6) is -1.51. The van der Waals surface area contributed by atoms with Gasteiger partial charge in [0, 0.05) is 24.3 Å². The van der Waals surface area contributed by atoms with E-state index in [0.29, 0.717) is 29.9 Å². The molecule has 0 unspecified atom stereocenters. The summed E-state index contributed by atoms with van der Waals surface area (Å²) in [5, 5.41) is 2.58. The highest BCUT2D eigenvalue weighted by atomic mass is 32.2. The zero-order chi connectivity index (χ0) is 22.6. The SMILES string of the molecule is O=C(CS(=O)(=O)Cc1ccc(C(=O)N2CCc3ccccc3C2)cc1)Nc1ccccc1. The van der Waals surface area contributed by atoms with Crippen LogP contribution < -0.4 is 5.32 Å². The van der Waals surface area contributed by atoms with Crippen LogP contribution in [0.15, 0.2) is 78.9 Å². The molecule has 0 atom stereocenters. The fourth-order valence-electron chi connectivity index (χ4n) is 3.82. The summed E-state index contributed by atoms with van der Waals surface area (Å²) in [6.07, 6.45) is 0.823. The highest BCUT2D eigenvalue weighted by Gasteiger charge is 2.22. The smallest absolute Gasteiger partial charge is 0.254 e. The molecule has 3 aromatic carbocycles. The average molecular weight is 449 g/mol. The van der Waals surface area contributed by atoms with Crippen molar-refractivity contribution in [1.82, 2.24) is 4.90 Å². The number of carbonyl (C=O) groups excluding carboxylic acids is 2. The molecule has 1 N–H and O–H groups in total. The molecule has 3 aromatic rings. The van der Waals surface area contributed by atoms with Crippen LogP contribution in [0.1, 0.15) is 27.0 Å². The molecule has 0 radical (unpaired) electrons. The number of anilines is 1. The molecule has 0 bridgehead atoms. The molecule has 0 aromatic heterocycles. The van der Waals surface area contributed by atoms with Gasteiger partial charge in [-0.3, -0.25) is 9.59 Å². The van der Waals surface area contributed by atoms with Crippen LogP contribution in [0.3, 0.4) is 0 Å². The van der Waals surface area contributed by atoms with E-state index in [0.717, 1.165) is 12.0 Å². The molecule has 0 spiro atoms. The summed E-state index contributed by atoms with van der Waals surface area (Å²) < 4.78 is 24.9. The Morgan fingerprint density at radius 1 is 0.844 bits per heavy atom. The van der Waals surface area contributed by atoms with Gasteiger partial charge >= 0.3 is 0 Å². The normalized spacial score (nSPS) is 13.3. The maximum absolute atomic E-state index is 12.9. The fraction of sp³-hybridized carbons (Fsp3) is 0.200. The third-order valence-electron chi connectivity index (χ3n) is 5.41. The molecule has 32 heavy (non-hydrogen) atoms. The first-order valence-electron chi connectivity index (χ1n) is 10.4. The summed E-state index contributed by atoms with van der Waals surface area (Å²) in [6.45, 7) is 1.23. The summed E-state index contributed by atoms with van der Waals surface area (Å²) >= 11 is 0. The maximum atomic E-state index is 12.9. The van der Waals surface area contributed by atoms with Gasteiger partial charge in [0.15, 0.2) is 9.84 Å². The van der Waals surface area contributed by atoms with Crippen LogP contribution in [0.2, 0.25) is 0 Å². The van der Waals surface area contributed by atoms with Crippen molar-refractivity contribution in [2.75, 3.05) is 17.6 Å². The van der Waals surface area contributed by atoms with Crippen molar-refractivity contribution in [2.45, 2.75) is 18.7 Å². The third kappa shape index (κ3) is 5.42. The molecule has 1 aliphatic heterocycles. The number of nitrogens with one attached hydrogen (secondary N) is 1. The second-order valence-electron chi connectivity index (χ2n) is 7.89. The second kappa shape index (κ2) is 9.36. The van der Waals surface area contributed by atoms with Gasteiger partial charge in [-0.25, -0.2) is 8.42 Å². The minimum absolute atomic E-state index is 0.0730. The Morgan fingerprint density at radius 2 is 1.50 bits per heavy atom. The number of sulfone groups is 1. The first kappa shape index (κ1) is 21.8. The number of benzene rings is 3. The van der Waals surface area contributed by atoms with E-state index in [-0.39, 0.29) is 11.7 Å². The van der Waals surface area contributed by atoms with Gasteiger partial charge in [0.2, 0.25) is 5.91 Å². The van der Waals surface area contributed by atoms with E-state index in [2.05, 4.69) is 11.4 Å². The minimum atomic E-state index is -3.65. The van der Waals surface area contributed by atoms with Crippen molar-refractivity contribution in [3.05, 3.63) is 101 Å². The van der Waals surface area contributed by atoms with Crippen LogP contribution in [0.25, 0.3) is 0 Å². The van der Waals surface area contributed by atoms with E-state index in [9.17, 15) is 18.0 Å². The maximum Gasteiger partial charge on any atom is 0.254 e. The van der Waals surface area contributed by atoms with Crippen LogP contribution in [-0.4, -0.2) is 37.4 Å². The quantitative estimate of drug-likeness (QED) is 0.626. The third-order valence-corrected chi connectivity index (χ3v) is 6.89. The number of fused-ring (bicyclic) bond motifs is 1. The minimum Gasteiger partial charge on any atom is -0.334 e. The standard InChI is InChI=1S/C25H24N2O4S/c28-24(26-23-8-2-1-3-9-23)18-32(30,31)17-19-10-12-21(13-11-19)25(29)27-15-14-20-6-4-5-7-22(20)16-27/h1-13H,14-18H2,(H,26,28). The van der Waals surface area contributed by atoms with Gasteiger partial charge < -0.3 is 10.2 Å². The van der Waals surface area contributed by atoms with Crippen LogP contribution in [0.5, 0.6) is 0 Å². The summed E-state index contributed by atoms with van der Waals surface area (Å²) in [7, 11) is -3.65. The molecule has 0 aliphatic carbocycles. The Morgan fingerprint density at radius 3 is 2.22 bits per heavy atom. The molecular weight excluding hydrogens is 424 g/mol. The van der Waals surface area contributed by atoms with Crippen molar-refractivity contribution < 1.29 is 18.0 Å². The van der Waals surface area contributed by atoms with E-state index < -0.39 is 21.5 Å². The molecular formula is C25H24N2O4S. The van der Waals surface area contributed by atoms with Crippen LogP contribution in [0, 0.1) is 0 Å². The summed E-state index contributed by atoms with van der Waals surface area (Å²) in [4.78, 5) is 26.8. The predicted octanol–water partition coefficient (Wildman–Crippen LogP) is 3.44. The number of para-hydroxylation sites is 1. The Kier molecular flexibility index (Phi) is 6.37. The van der Waals surface area contributed by atoms with Gasteiger partial charge in [0.05, 0.1) is 5.75 Å². The lowest BCUT2D eigenvalue weighted by Crippen LogP contribution is -2.35. The van der Waals surface area contributed by atoms with Gasteiger partial charge in [-0.05, 0) is 47.4 Å². The number of hydrogen-bond acceptors (Lipinski definition) is 4. The topological polar surface area (TPSA) is 83.5 Å². The van der Waals surface area contributed by atoms with E-state index >= 15 is 0 Å². The highest BCUT2D eigenvalue weighted by Crippen LogP contribution is 2.21. The van der Waals surface area contributed by atoms with Crippen molar-refractivity contribution in [1.29, 1.82) is 0 Å². The average Bonchev–Trinajstić information content (AvgIpc) is 2.78. The molecule has 1 aliphatic rings. The lowest BCUT2D eigenvalue weighted by Gasteiger charge is -2.29. The lowest BCUT2D eigenvalue weighted by molar-refractivity contribution is -0.113. The first-order chi connectivity index (χ1) is 15.4. The van der Waals surface area contributed by atoms with Crippen molar-refractivity contribution in [3.63, 3.8) is 0 Å². The molecule has 1 heterocycles. The molecule has 0 saturated carbocycles. The van der Waals surface area contributed by atoms with Crippen molar-refractivity contribution >= 4 is 27.3 Å². The number of hydrogen-bond donors (Lipinski definition) is 1.